The topological polar surface area (TPSA) is 40.6 Å². The third-order valence-corrected chi connectivity index (χ3v) is 7.80. The largest absolute Gasteiger partial charge is 0.416 e. The van der Waals surface area contributed by atoms with E-state index in [1.807, 2.05) is 56.5 Å². The van der Waals surface area contributed by atoms with Crippen molar-refractivity contribution in [3.05, 3.63) is 92.7 Å². The average Bonchev–Trinajstić information content (AvgIpc) is 3.35. The van der Waals surface area contributed by atoms with Crippen LogP contribution in [0.15, 0.2) is 60.0 Å². The molecule has 2 atom stereocenters. The number of hydrogen-bond donors (Lipinski definition) is 0. The molecule has 0 saturated heterocycles. The van der Waals surface area contributed by atoms with Crippen LogP contribution in [-0.2, 0) is 17.4 Å². The Labute approximate surface area is 213 Å². The molecule has 2 unspecified atom stereocenters. The first-order valence-electron chi connectivity index (χ1n) is 12.0. The minimum atomic E-state index is -4.55. The lowest BCUT2D eigenvalue weighted by Gasteiger charge is -2.38. The Balaban J connectivity index is 1.64. The van der Waals surface area contributed by atoms with Gasteiger partial charge >= 0.3 is 6.18 Å². The van der Waals surface area contributed by atoms with Crippen molar-refractivity contribution < 1.29 is 22.8 Å². The van der Waals surface area contributed by atoms with E-state index in [0.717, 1.165) is 35.2 Å². The van der Waals surface area contributed by atoms with Gasteiger partial charge in [0.25, 0.3) is 5.91 Å². The van der Waals surface area contributed by atoms with Crippen LogP contribution >= 0.6 is 11.3 Å². The standard InChI is InChI=1S/C28H29F3N2O2S/c1-4-19(3)33(27(35)21-6-5-7-22(16-21)28(29,30)31)17-25(34)32-14-12-24-23(13-15-36-24)26(32)20-10-8-18(2)9-11-20/h5-11,13,15-16,19,26H,4,12,14,17H2,1-3H3. The van der Waals surface area contributed by atoms with Crippen molar-refractivity contribution in [1.29, 1.82) is 0 Å². The van der Waals surface area contributed by atoms with Gasteiger partial charge in [0.15, 0.2) is 0 Å². The molecular formula is C28H29F3N2O2S. The summed E-state index contributed by atoms with van der Waals surface area (Å²) in [6.07, 6.45) is -3.26. The smallest absolute Gasteiger partial charge is 0.330 e. The summed E-state index contributed by atoms with van der Waals surface area (Å²) < 4.78 is 39.7. The minimum Gasteiger partial charge on any atom is -0.330 e. The predicted molar refractivity (Wildman–Crippen MR) is 135 cm³/mol. The van der Waals surface area contributed by atoms with E-state index < -0.39 is 17.6 Å². The molecule has 0 fully saturated rings. The van der Waals surface area contributed by atoms with Crippen molar-refractivity contribution in [2.75, 3.05) is 13.1 Å². The number of halogens is 3. The van der Waals surface area contributed by atoms with E-state index >= 15 is 0 Å². The van der Waals surface area contributed by atoms with Crippen LogP contribution in [0.4, 0.5) is 13.2 Å². The number of fused-ring (bicyclic) bond motifs is 1. The van der Waals surface area contributed by atoms with Gasteiger partial charge in [-0.2, -0.15) is 13.2 Å². The molecule has 190 valence electrons. The molecule has 4 nitrogen and oxygen atoms in total. The Morgan fingerprint density at radius 2 is 1.86 bits per heavy atom. The van der Waals surface area contributed by atoms with Crippen LogP contribution in [0.3, 0.4) is 0 Å². The molecule has 1 aliphatic heterocycles. The van der Waals surface area contributed by atoms with Crippen molar-refractivity contribution >= 4 is 23.2 Å². The normalized spacial score (nSPS) is 16.4. The van der Waals surface area contributed by atoms with Crippen LogP contribution in [0.1, 0.15) is 63.8 Å². The van der Waals surface area contributed by atoms with Crippen molar-refractivity contribution in [3.63, 3.8) is 0 Å². The monoisotopic (exact) mass is 514 g/mol. The molecule has 0 aliphatic carbocycles. The third kappa shape index (κ3) is 5.33. The second kappa shape index (κ2) is 10.5. The zero-order valence-corrected chi connectivity index (χ0v) is 21.3. The highest BCUT2D eigenvalue weighted by molar-refractivity contribution is 7.10. The van der Waals surface area contributed by atoms with Gasteiger partial charge in [-0.1, -0.05) is 42.8 Å². The number of benzene rings is 2. The van der Waals surface area contributed by atoms with Crippen LogP contribution in [-0.4, -0.2) is 40.7 Å². The average molecular weight is 515 g/mol. The number of aryl methyl sites for hydroxylation is 1. The molecule has 2 amide bonds. The Morgan fingerprint density at radius 3 is 2.53 bits per heavy atom. The molecule has 36 heavy (non-hydrogen) atoms. The van der Waals surface area contributed by atoms with Gasteiger partial charge in [0, 0.05) is 23.0 Å². The summed E-state index contributed by atoms with van der Waals surface area (Å²) >= 11 is 1.67. The van der Waals surface area contributed by atoms with Gasteiger partial charge in [-0.05, 0) is 67.5 Å². The molecular weight excluding hydrogens is 485 g/mol. The van der Waals surface area contributed by atoms with Crippen LogP contribution in [0.25, 0.3) is 0 Å². The highest BCUT2D eigenvalue weighted by Crippen LogP contribution is 2.38. The van der Waals surface area contributed by atoms with Crippen LogP contribution in [0.5, 0.6) is 0 Å². The minimum absolute atomic E-state index is 0.0771. The van der Waals surface area contributed by atoms with Gasteiger partial charge < -0.3 is 9.80 Å². The van der Waals surface area contributed by atoms with E-state index in [0.29, 0.717) is 13.0 Å². The Hall–Kier alpha value is -3.13. The van der Waals surface area contributed by atoms with Crippen molar-refractivity contribution in [2.45, 2.75) is 51.9 Å². The third-order valence-electron chi connectivity index (χ3n) is 6.81. The van der Waals surface area contributed by atoms with Gasteiger partial charge in [-0.3, -0.25) is 9.59 Å². The van der Waals surface area contributed by atoms with Crippen molar-refractivity contribution in [1.82, 2.24) is 9.80 Å². The summed E-state index contributed by atoms with van der Waals surface area (Å²) in [7, 11) is 0. The summed E-state index contributed by atoms with van der Waals surface area (Å²) in [6.45, 7) is 6.01. The number of hydrogen-bond acceptors (Lipinski definition) is 3. The number of alkyl halides is 3. The summed E-state index contributed by atoms with van der Waals surface area (Å²) in [5.74, 6) is -0.804. The maximum atomic E-state index is 13.7. The Kier molecular flexibility index (Phi) is 7.54. The summed E-state index contributed by atoms with van der Waals surface area (Å²) in [5.41, 5.74) is 2.24. The van der Waals surface area contributed by atoms with Crippen LogP contribution in [0, 0.1) is 6.92 Å². The molecule has 0 bridgehead atoms. The molecule has 0 spiro atoms. The molecule has 3 aromatic rings. The van der Waals surface area contributed by atoms with Crippen LogP contribution in [0.2, 0.25) is 0 Å². The lowest BCUT2D eigenvalue weighted by molar-refractivity contribution is -0.137. The highest BCUT2D eigenvalue weighted by atomic mass is 32.1. The quantitative estimate of drug-likeness (QED) is 0.377. The second-order valence-electron chi connectivity index (χ2n) is 9.22. The fourth-order valence-corrected chi connectivity index (χ4v) is 5.48. The van der Waals surface area contributed by atoms with Crippen molar-refractivity contribution in [2.24, 2.45) is 0 Å². The first-order chi connectivity index (χ1) is 17.1. The number of rotatable bonds is 6. The Morgan fingerprint density at radius 1 is 1.14 bits per heavy atom. The molecule has 0 saturated carbocycles. The van der Waals surface area contributed by atoms with E-state index in [9.17, 15) is 22.8 Å². The maximum Gasteiger partial charge on any atom is 0.416 e. The van der Waals surface area contributed by atoms with Crippen LogP contribution < -0.4 is 0 Å². The molecule has 2 aromatic carbocycles. The molecule has 1 aliphatic rings. The predicted octanol–water partition coefficient (Wildman–Crippen LogP) is 6.49. The van der Waals surface area contributed by atoms with Gasteiger partial charge in [-0.25, -0.2) is 0 Å². The van der Waals surface area contributed by atoms with Gasteiger partial charge in [0.1, 0.15) is 6.54 Å². The SMILES string of the molecule is CCC(C)N(CC(=O)N1CCc2sccc2C1c1ccc(C)cc1)C(=O)c1cccc(C(F)(F)F)c1. The summed E-state index contributed by atoms with van der Waals surface area (Å²) in [5, 5.41) is 2.03. The second-order valence-corrected chi connectivity index (χ2v) is 10.2. The van der Waals surface area contributed by atoms with Gasteiger partial charge in [0.2, 0.25) is 5.91 Å². The lowest BCUT2D eigenvalue weighted by atomic mass is 9.92. The molecule has 8 heteroatoms. The van der Waals surface area contributed by atoms with E-state index in [-0.39, 0.29) is 30.1 Å². The van der Waals surface area contributed by atoms with E-state index in [1.165, 1.54) is 21.9 Å². The first kappa shape index (κ1) is 25.9. The summed E-state index contributed by atoms with van der Waals surface area (Å²) in [4.78, 5) is 31.5. The molecule has 0 N–H and O–H groups in total. The zero-order chi connectivity index (χ0) is 26.0. The Bertz CT molecular complexity index is 1240. The number of carbonyl (C=O) groups is 2. The fourth-order valence-electron chi connectivity index (χ4n) is 4.57. The maximum absolute atomic E-state index is 13.7. The van der Waals surface area contributed by atoms with Gasteiger partial charge in [0.05, 0.1) is 11.6 Å². The molecule has 1 aromatic heterocycles. The molecule has 4 rings (SSSR count). The number of thiophene rings is 1. The van der Waals surface area contributed by atoms with E-state index in [4.69, 9.17) is 0 Å². The fraction of sp³-hybridized carbons (Fsp3) is 0.357. The molecule has 0 radical (unpaired) electrons. The highest BCUT2D eigenvalue weighted by Gasteiger charge is 2.36. The summed E-state index contributed by atoms with van der Waals surface area (Å²) in [6, 6.07) is 13.9. The molecule has 2 heterocycles. The van der Waals surface area contributed by atoms with Crippen molar-refractivity contribution in [3.8, 4) is 0 Å². The number of carbonyl (C=O) groups excluding carboxylic acids is 2. The van der Waals surface area contributed by atoms with Gasteiger partial charge in [-0.15, -0.1) is 11.3 Å². The first-order valence-corrected chi connectivity index (χ1v) is 12.9. The lowest BCUT2D eigenvalue weighted by Crippen LogP contribution is -2.49. The zero-order valence-electron chi connectivity index (χ0n) is 20.5. The number of nitrogens with zero attached hydrogens (tertiary/aromatic N) is 2. The van der Waals surface area contributed by atoms with E-state index in [1.54, 1.807) is 16.2 Å². The van der Waals surface area contributed by atoms with E-state index in [2.05, 4.69) is 0 Å². The number of amides is 2.